The molecule has 0 saturated heterocycles. The second kappa shape index (κ2) is 5.90. The Bertz CT molecular complexity index is 1060. The van der Waals surface area contributed by atoms with Crippen LogP contribution in [0.2, 0.25) is 0 Å². The van der Waals surface area contributed by atoms with Crippen LogP contribution in [0.25, 0.3) is 0 Å². The lowest BCUT2D eigenvalue weighted by atomic mass is 9.73. The topological polar surface area (TPSA) is 121 Å². The first kappa shape index (κ1) is 18.2. The molecule has 2 aromatic rings. The van der Waals surface area contributed by atoms with Crippen LogP contribution in [-0.4, -0.2) is 38.5 Å². The highest BCUT2D eigenvalue weighted by Crippen LogP contribution is 2.51. The number of carbonyl (C=O) groups excluding carboxylic acids is 3. The predicted molar refractivity (Wildman–Crippen MR) is 96.5 cm³/mol. The van der Waals surface area contributed by atoms with Crippen molar-refractivity contribution in [2.24, 2.45) is 0 Å². The molecular weight excluding hydrogens is 364 g/mol. The van der Waals surface area contributed by atoms with Gasteiger partial charge in [-0.3, -0.25) is 14.4 Å². The number of aliphatic hydroxyl groups is 1. The van der Waals surface area contributed by atoms with Gasteiger partial charge in [-0.25, -0.2) is 0 Å². The zero-order valence-electron chi connectivity index (χ0n) is 15.3. The fraction of sp³-hybridized carbons (Fsp3) is 0.286. The van der Waals surface area contributed by atoms with E-state index in [4.69, 9.17) is 4.74 Å². The third-order valence-electron chi connectivity index (χ3n) is 5.45. The van der Waals surface area contributed by atoms with Gasteiger partial charge in [0.25, 0.3) is 0 Å². The average Bonchev–Trinajstić information content (AvgIpc) is 2.64. The Morgan fingerprint density at radius 2 is 1.61 bits per heavy atom. The summed E-state index contributed by atoms with van der Waals surface area (Å²) in [6.45, 7) is 2.60. The number of hydrogen-bond donors (Lipinski definition) is 3. The van der Waals surface area contributed by atoms with Crippen molar-refractivity contribution >= 4 is 17.5 Å². The molecule has 28 heavy (non-hydrogen) atoms. The normalized spacial score (nSPS) is 22.9. The van der Waals surface area contributed by atoms with Crippen molar-refractivity contribution in [3.63, 3.8) is 0 Å². The van der Waals surface area contributed by atoms with E-state index in [0.29, 0.717) is 0 Å². The quantitative estimate of drug-likeness (QED) is 0.436. The van der Waals surface area contributed by atoms with Crippen LogP contribution >= 0.6 is 0 Å². The number of phenolic OH excluding ortho intramolecular Hbond substituents is 2. The molecule has 4 rings (SSSR count). The number of benzene rings is 2. The van der Waals surface area contributed by atoms with Crippen LogP contribution in [0.15, 0.2) is 24.3 Å². The van der Waals surface area contributed by atoms with Gasteiger partial charge in [0.05, 0.1) is 11.1 Å². The minimum atomic E-state index is -1.52. The number of phenols is 2. The number of ether oxygens (including phenoxy) is 1. The minimum Gasteiger partial charge on any atom is -0.507 e. The molecule has 0 aliphatic heterocycles. The summed E-state index contributed by atoms with van der Waals surface area (Å²) in [5, 5.41) is 32.5. The summed E-state index contributed by atoms with van der Waals surface area (Å²) in [5.74, 6) is -2.86. The third kappa shape index (κ3) is 2.36. The molecule has 0 bridgehead atoms. The van der Waals surface area contributed by atoms with Gasteiger partial charge in [-0.1, -0.05) is 24.3 Å². The fourth-order valence-electron chi connectivity index (χ4n) is 4.09. The number of fused-ring (bicyclic) bond motifs is 3. The molecule has 0 radical (unpaired) electrons. The summed E-state index contributed by atoms with van der Waals surface area (Å²) in [5.41, 5.74) is -1.71. The first-order valence-electron chi connectivity index (χ1n) is 8.83. The Morgan fingerprint density at radius 1 is 1.07 bits per heavy atom. The van der Waals surface area contributed by atoms with E-state index in [-0.39, 0.29) is 46.2 Å². The van der Waals surface area contributed by atoms with Crippen LogP contribution in [0.1, 0.15) is 69.3 Å². The highest BCUT2D eigenvalue weighted by molar-refractivity contribution is 6.30. The van der Waals surface area contributed by atoms with Gasteiger partial charge < -0.3 is 20.1 Å². The molecule has 144 valence electrons. The lowest BCUT2D eigenvalue weighted by Crippen LogP contribution is -2.40. The van der Waals surface area contributed by atoms with E-state index in [1.165, 1.54) is 19.1 Å². The predicted octanol–water partition coefficient (Wildman–Crippen LogP) is 2.17. The highest BCUT2D eigenvalue weighted by atomic mass is 16.6. The van der Waals surface area contributed by atoms with E-state index >= 15 is 0 Å². The van der Waals surface area contributed by atoms with Gasteiger partial charge in [0.1, 0.15) is 17.1 Å². The smallest absolute Gasteiger partial charge is 0.303 e. The monoisotopic (exact) mass is 382 g/mol. The summed E-state index contributed by atoms with van der Waals surface area (Å²) in [4.78, 5) is 37.5. The summed E-state index contributed by atoms with van der Waals surface area (Å²) in [7, 11) is 0. The summed E-state index contributed by atoms with van der Waals surface area (Å²) < 4.78 is 5.24. The van der Waals surface area contributed by atoms with Crippen LogP contribution in [0.3, 0.4) is 0 Å². The molecule has 0 heterocycles. The maximum absolute atomic E-state index is 13.0. The summed E-state index contributed by atoms with van der Waals surface area (Å²) in [6.07, 6.45) is -1.02. The van der Waals surface area contributed by atoms with Gasteiger partial charge in [-0.15, -0.1) is 0 Å². The zero-order chi connectivity index (χ0) is 20.4. The summed E-state index contributed by atoms with van der Waals surface area (Å²) >= 11 is 0. The van der Waals surface area contributed by atoms with Crippen LogP contribution in [-0.2, 0) is 16.0 Å². The molecule has 0 fully saturated rings. The maximum atomic E-state index is 13.0. The first-order chi connectivity index (χ1) is 13.1. The van der Waals surface area contributed by atoms with Crippen LogP contribution < -0.4 is 0 Å². The van der Waals surface area contributed by atoms with E-state index in [9.17, 15) is 29.7 Å². The standard InChI is InChI=1S/C21H18O7/c1-9(22)28-20-13-12(7-8-21(20,2)27)18(25)14-15(19(13)26)17(24)11-6-4-3-5-10(11)16(14)23/h3-6,20,25-27H,7-8H2,1-2H3/t20-,21-/m1/s1. The second-order valence-corrected chi connectivity index (χ2v) is 7.39. The van der Waals surface area contributed by atoms with Crippen molar-refractivity contribution in [1.29, 1.82) is 0 Å². The van der Waals surface area contributed by atoms with Gasteiger partial charge in [-0.05, 0) is 19.8 Å². The molecule has 0 saturated carbocycles. The van der Waals surface area contributed by atoms with Crippen molar-refractivity contribution < 1.29 is 34.4 Å². The van der Waals surface area contributed by atoms with Crippen molar-refractivity contribution in [3.8, 4) is 11.5 Å². The Labute approximate surface area is 160 Å². The SMILES string of the molecule is CC(=O)O[C@@H]1c2c(O)c3c(c(O)c2CC[C@@]1(C)O)C(=O)c1ccccc1C3=O. The molecule has 0 amide bonds. The molecule has 7 nitrogen and oxygen atoms in total. The zero-order valence-corrected chi connectivity index (χ0v) is 15.3. The third-order valence-corrected chi connectivity index (χ3v) is 5.45. The molecule has 7 heteroatoms. The molecule has 2 aliphatic carbocycles. The van der Waals surface area contributed by atoms with Crippen LogP contribution in [0, 0.1) is 0 Å². The van der Waals surface area contributed by atoms with Gasteiger partial charge in [0.2, 0.25) is 0 Å². The Hall–Kier alpha value is -3.19. The van der Waals surface area contributed by atoms with Gasteiger partial charge in [0.15, 0.2) is 17.7 Å². The molecule has 0 aromatic heterocycles. The lowest BCUT2D eigenvalue weighted by Gasteiger charge is -2.39. The van der Waals surface area contributed by atoms with Crippen molar-refractivity contribution in [1.82, 2.24) is 0 Å². The number of carbonyl (C=O) groups is 3. The van der Waals surface area contributed by atoms with Crippen molar-refractivity contribution in [3.05, 3.63) is 57.6 Å². The maximum Gasteiger partial charge on any atom is 0.303 e. The molecule has 2 aliphatic rings. The minimum absolute atomic E-state index is 0.0387. The molecule has 0 spiro atoms. The molecule has 0 unspecified atom stereocenters. The Balaban J connectivity index is 2.04. The second-order valence-electron chi connectivity index (χ2n) is 7.39. The largest absolute Gasteiger partial charge is 0.507 e. The number of rotatable bonds is 1. The van der Waals surface area contributed by atoms with E-state index < -0.39 is 40.7 Å². The number of esters is 1. The molecular formula is C21H18O7. The number of hydrogen-bond acceptors (Lipinski definition) is 7. The molecule has 3 N–H and O–H groups in total. The van der Waals surface area contributed by atoms with Crippen LogP contribution in [0.5, 0.6) is 11.5 Å². The van der Waals surface area contributed by atoms with Gasteiger partial charge in [0, 0.05) is 29.2 Å². The van der Waals surface area contributed by atoms with E-state index in [1.54, 1.807) is 12.1 Å². The first-order valence-corrected chi connectivity index (χ1v) is 8.83. The molecule has 2 aromatic carbocycles. The van der Waals surface area contributed by atoms with E-state index in [2.05, 4.69) is 0 Å². The Morgan fingerprint density at radius 3 is 2.14 bits per heavy atom. The van der Waals surface area contributed by atoms with Crippen molar-refractivity contribution in [2.45, 2.75) is 38.4 Å². The van der Waals surface area contributed by atoms with Crippen molar-refractivity contribution in [2.75, 3.05) is 0 Å². The van der Waals surface area contributed by atoms with Crippen LogP contribution in [0.4, 0.5) is 0 Å². The Kier molecular flexibility index (Phi) is 3.83. The highest BCUT2D eigenvalue weighted by Gasteiger charge is 2.47. The lowest BCUT2D eigenvalue weighted by molar-refractivity contribution is -0.164. The number of ketones is 2. The van der Waals surface area contributed by atoms with Gasteiger partial charge in [-0.2, -0.15) is 0 Å². The molecule has 2 atom stereocenters. The van der Waals surface area contributed by atoms with E-state index in [0.717, 1.165) is 6.92 Å². The summed E-state index contributed by atoms with van der Waals surface area (Å²) in [6, 6.07) is 6.16. The van der Waals surface area contributed by atoms with Gasteiger partial charge >= 0.3 is 5.97 Å². The van der Waals surface area contributed by atoms with E-state index in [1.807, 2.05) is 0 Å². The number of aromatic hydroxyl groups is 2. The fourth-order valence-corrected chi connectivity index (χ4v) is 4.09. The average molecular weight is 382 g/mol.